The molecule has 6 aliphatic rings. The Hall–Kier alpha value is -6.77. The molecule has 3 unspecified atom stereocenters. The number of cyclic esters (lactones) is 2. The molecule has 0 saturated heterocycles. The Morgan fingerprint density at radius 2 is 1.34 bits per heavy atom. The standard InChI is InChI=1S/C55H53F2N5O12/c1-5-54(70)35-15-41-47-32(21-62(41)49(66)33(35)22-73-51(54)68)30-19-53(4,10-8-28-25(3)38(57)18-40(59-47)45(28)30)60-48(65)43(64)9-11-55(71)36-16-42-46-31(20-61(42)50(67)34(36)23-74-52(55)69)29-14-26(72-13-12-63)6-7-27-24(2)37(56)17-39(58-46)44(27)29/h15-18,26,43,63-64,70-71H,5-14,19-23H2,1-4H3,(H,60,65)/t26?,43?,53?,54-,55-/m0/s1. The Balaban J connectivity index is 0.850. The van der Waals surface area contributed by atoms with Crippen molar-refractivity contribution in [1.82, 2.24) is 24.4 Å². The van der Waals surface area contributed by atoms with E-state index in [-0.39, 0.29) is 80.5 Å². The summed E-state index contributed by atoms with van der Waals surface area (Å²) in [5, 5.41) is 49.5. The second-order valence-corrected chi connectivity index (χ2v) is 21.1. The van der Waals surface area contributed by atoms with E-state index < -0.39 is 82.9 Å². The van der Waals surface area contributed by atoms with Gasteiger partial charge in [0.15, 0.2) is 11.2 Å². The largest absolute Gasteiger partial charge is 0.458 e. The van der Waals surface area contributed by atoms with E-state index in [0.29, 0.717) is 98.3 Å². The zero-order chi connectivity index (χ0) is 52.1. The minimum atomic E-state index is -2.48. The minimum Gasteiger partial charge on any atom is -0.458 e. The Morgan fingerprint density at radius 3 is 1.92 bits per heavy atom. The van der Waals surface area contributed by atoms with Gasteiger partial charge >= 0.3 is 11.9 Å². The second-order valence-electron chi connectivity index (χ2n) is 21.1. The smallest absolute Gasteiger partial charge is 0.343 e. The summed E-state index contributed by atoms with van der Waals surface area (Å²) < 4.78 is 51.0. The lowest BCUT2D eigenvalue weighted by Gasteiger charge is -2.34. The number of pyridine rings is 4. The molecule has 19 heteroatoms. The molecule has 4 aromatic heterocycles. The second kappa shape index (κ2) is 16.9. The molecule has 2 aromatic carbocycles. The molecule has 12 rings (SSSR count). The first-order valence-electron chi connectivity index (χ1n) is 25.1. The number of aryl methyl sites for hydroxylation is 2. The van der Waals surface area contributed by atoms with Crippen LogP contribution in [0.25, 0.3) is 44.6 Å². The lowest BCUT2D eigenvalue weighted by Crippen LogP contribution is -2.52. The molecule has 74 heavy (non-hydrogen) atoms. The van der Waals surface area contributed by atoms with Crippen LogP contribution in [0.3, 0.4) is 0 Å². The number of hydrogen-bond acceptors (Lipinski definition) is 14. The summed E-state index contributed by atoms with van der Waals surface area (Å²) in [6.07, 6.45) is -0.895. The van der Waals surface area contributed by atoms with Gasteiger partial charge in [-0.1, -0.05) is 6.92 Å². The zero-order valence-corrected chi connectivity index (χ0v) is 41.2. The van der Waals surface area contributed by atoms with Crippen molar-refractivity contribution >= 4 is 39.7 Å². The molecule has 384 valence electrons. The summed E-state index contributed by atoms with van der Waals surface area (Å²) in [5.41, 5.74) is 0.930. The predicted molar refractivity (Wildman–Crippen MR) is 261 cm³/mol. The van der Waals surface area contributed by atoms with Crippen LogP contribution in [0.15, 0.2) is 33.9 Å². The first-order chi connectivity index (χ1) is 35.3. The lowest BCUT2D eigenvalue weighted by atomic mass is 9.83. The molecule has 1 amide bonds. The highest BCUT2D eigenvalue weighted by molar-refractivity contribution is 5.94. The number of benzene rings is 2. The van der Waals surface area contributed by atoms with E-state index in [1.165, 1.54) is 27.3 Å². The van der Waals surface area contributed by atoms with Gasteiger partial charge in [0.25, 0.3) is 11.1 Å². The maximum atomic E-state index is 15.8. The fourth-order valence-electron chi connectivity index (χ4n) is 12.8. The number of halogens is 2. The van der Waals surface area contributed by atoms with Crippen molar-refractivity contribution < 1.29 is 57.8 Å². The number of aliphatic hydroxyl groups is 4. The maximum Gasteiger partial charge on any atom is 0.343 e. The monoisotopic (exact) mass is 1010 g/mol. The van der Waals surface area contributed by atoms with Crippen molar-refractivity contribution in [2.24, 2.45) is 0 Å². The van der Waals surface area contributed by atoms with E-state index >= 15 is 8.78 Å². The van der Waals surface area contributed by atoms with Gasteiger partial charge in [-0.3, -0.25) is 14.4 Å². The van der Waals surface area contributed by atoms with E-state index in [2.05, 4.69) is 5.32 Å². The summed E-state index contributed by atoms with van der Waals surface area (Å²) in [7, 11) is 0. The van der Waals surface area contributed by atoms with Crippen molar-refractivity contribution in [2.75, 3.05) is 13.2 Å². The number of ether oxygens (including phenoxy) is 3. The number of aliphatic hydroxyl groups excluding tert-OH is 2. The van der Waals surface area contributed by atoms with Crippen LogP contribution in [-0.4, -0.2) is 88.3 Å². The van der Waals surface area contributed by atoms with Crippen molar-refractivity contribution in [3.05, 3.63) is 123 Å². The molecule has 6 aromatic rings. The molecular weight excluding hydrogens is 961 g/mol. The van der Waals surface area contributed by atoms with E-state index in [9.17, 15) is 44.4 Å². The number of nitrogens with zero attached hydrogens (tertiary/aromatic N) is 4. The van der Waals surface area contributed by atoms with E-state index in [0.717, 1.165) is 16.5 Å². The molecule has 0 bridgehead atoms. The highest BCUT2D eigenvalue weighted by atomic mass is 19.1. The van der Waals surface area contributed by atoms with Crippen molar-refractivity contribution in [2.45, 2.75) is 141 Å². The number of carbonyl (C=O) groups is 3. The van der Waals surface area contributed by atoms with Crippen LogP contribution in [-0.2, 0) is 91.8 Å². The maximum absolute atomic E-state index is 15.8. The highest BCUT2D eigenvalue weighted by Crippen LogP contribution is 2.46. The molecule has 5 atom stereocenters. The van der Waals surface area contributed by atoms with E-state index in [4.69, 9.17) is 24.2 Å². The van der Waals surface area contributed by atoms with Crippen molar-refractivity contribution in [1.29, 1.82) is 0 Å². The number of rotatable bonds is 9. The molecule has 2 aliphatic carbocycles. The first kappa shape index (κ1) is 48.2. The average molecular weight is 1010 g/mol. The minimum absolute atomic E-state index is 0.0191. The molecule has 0 fully saturated rings. The number of fused-ring (bicyclic) bond motifs is 10. The van der Waals surface area contributed by atoms with Crippen LogP contribution < -0.4 is 16.4 Å². The topological polar surface area (TPSA) is 242 Å². The molecular formula is C55H53F2N5O12. The number of hydrogen-bond donors (Lipinski definition) is 5. The molecule has 8 heterocycles. The van der Waals surface area contributed by atoms with Crippen molar-refractivity contribution in [3.8, 4) is 22.8 Å². The Labute approximate surface area is 420 Å². The summed E-state index contributed by atoms with van der Waals surface area (Å²) in [5.74, 6) is -3.70. The van der Waals surface area contributed by atoms with Crippen LogP contribution in [0.5, 0.6) is 0 Å². The Bertz CT molecular complexity index is 3680. The van der Waals surface area contributed by atoms with Gasteiger partial charge in [-0.2, -0.15) is 0 Å². The summed E-state index contributed by atoms with van der Waals surface area (Å²) in [6, 6.07) is 5.80. The van der Waals surface area contributed by atoms with E-state index in [1.807, 2.05) is 0 Å². The number of esters is 2. The SMILES string of the molecule is CC[C@@]1(O)C(=O)OCc2c1cc1n(c2=O)Cc2c-1nc1cc(F)c(C)c3c1c2CC(C)(NC(=O)C(O)CC[C@@]1(O)C(=O)OCc2c1cc1n(c2=O)Cc2c-1nc1cc(F)c(C)c4c1c2CC(OCCO)CC4)CC3. The molecule has 4 aliphatic heterocycles. The Kier molecular flexibility index (Phi) is 11.0. The number of aromatic nitrogens is 4. The predicted octanol–water partition coefficient (Wildman–Crippen LogP) is 4.03. The third-order valence-electron chi connectivity index (χ3n) is 16.9. The van der Waals surface area contributed by atoms with Crippen LogP contribution in [0, 0.1) is 25.5 Å². The fourth-order valence-corrected chi connectivity index (χ4v) is 12.8. The third-order valence-corrected chi connectivity index (χ3v) is 16.9. The van der Waals surface area contributed by atoms with Crippen LogP contribution >= 0.6 is 0 Å². The molecule has 0 saturated carbocycles. The number of nitrogens with one attached hydrogen (secondary N) is 1. The summed E-state index contributed by atoms with van der Waals surface area (Å²) in [4.78, 5) is 79.2. The Morgan fingerprint density at radius 1 is 0.797 bits per heavy atom. The third kappa shape index (κ3) is 6.92. The summed E-state index contributed by atoms with van der Waals surface area (Å²) in [6.45, 7) is 6.13. The van der Waals surface area contributed by atoms with Gasteiger partial charge in [0, 0.05) is 50.7 Å². The molecule has 0 radical (unpaired) electrons. The fraction of sp³-hybridized carbons (Fsp3) is 0.436. The van der Waals surface area contributed by atoms with Gasteiger partial charge in [0.05, 0.1) is 77.3 Å². The van der Waals surface area contributed by atoms with Gasteiger partial charge in [-0.15, -0.1) is 0 Å². The average Bonchev–Trinajstić information content (AvgIpc) is 3.82. The normalized spacial score (nSPS) is 23.5. The van der Waals surface area contributed by atoms with Gasteiger partial charge in [-0.25, -0.2) is 28.3 Å². The quantitative estimate of drug-likeness (QED) is 0.128. The van der Waals surface area contributed by atoms with Gasteiger partial charge in [-0.05, 0) is 124 Å². The molecule has 17 nitrogen and oxygen atoms in total. The van der Waals surface area contributed by atoms with Gasteiger partial charge < -0.3 is 49.1 Å². The van der Waals surface area contributed by atoms with Gasteiger partial charge in [0.2, 0.25) is 5.91 Å². The zero-order valence-electron chi connectivity index (χ0n) is 41.2. The summed E-state index contributed by atoms with van der Waals surface area (Å²) >= 11 is 0. The number of carbonyl (C=O) groups excluding carboxylic acids is 3. The van der Waals surface area contributed by atoms with Gasteiger partial charge in [0.1, 0.15) is 31.0 Å². The van der Waals surface area contributed by atoms with Crippen LogP contribution in [0.2, 0.25) is 0 Å². The van der Waals surface area contributed by atoms with Crippen molar-refractivity contribution in [3.63, 3.8) is 0 Å². The highest BCUT2D eigenvalue weighted by Gasteiger charge is 2.49. The first-order valence-corrected chi connectivity index (χ1v) is 25.1. The van der Waals surface area contributed by atoms with Crippen LogP contribution in [0.4, 0.5) is 8.78 Å². The number of amides is 1. The lowest BCUT2D eigenvalue weighted by molar-refractivity contribution is -0.174. The van der Waals surface area contributed by atoms with E-state index in [1.54, 1.807) is 33.8 Å². The molecule has 5 N–H and O–H groups in total. The molecule has 0 spiro atoms. The van der Waals surface area contributed by atoms with Crippen LogP contribution in [0.1, 0.15) is 113 Å².